The molecule has 0 bridgehead atoms. The summed E-state index contributed by atoms with van der Waals surface area (Å²) in [5, 5.41) is 14.3. The number of hydrogen-bond donors (Lipinski definition) is 1. The quantitative estimate of drug-likeness (QED) is 0.533. The van der Waals surface area contributed by atoms with Crippen molar-refractivity contribution in [2.45, 2.75) is 72.3 Å². The fourth-order valence-electron chi connectivity index (χ4n) is 3.02. The third-order valence-electron chi connectivity index (χ3n) is 4.52. The SMILES string of the molecule is Cc1c(C=NN(C(=O)O)C(C)(C)C)sc2c1c(=O)n(C(C)C)c(=O)n2CCC(F)(F)F. The molecule has 0 saturated carbocycles. The van der Waals surface area contributed by atoms with Gasteiger partial charge in [0.05, 0.1) is 28.4 Å². The van der Waals surface area contributed by atoms with Crippen LogP contribution >= 0.6 is 11.3 Å². The van der Waals surface area contributed by atoms with E-state index in [1.807, 2.05) is 0 Å². The van der Waals surface area contributed by atoms with E-state index in [2.05, 4.69) is 5.10 Å². The van der Waals surface area contributed by atoms with Gasteiger partial charge in [-0.15, -0.1) is 11.3 Å². The number of carboxylic acid groups (broad SMARTS) is 1. The predicted molar refractivity (Wildman–Crippen MR) is 113 cm³/mol. The van der Waals surface area contributed by atoms with E-state index >= 15 is 0 Å². The third kappa shape index (κ3) is 5.17. The zero-order valence-corrected chi connectivity index (χ0v) is 18.9. The number of fused-ring (bicyclic) bond motifs is 1. The number of aromatic nitrogens is 2. The van der Waals surface area contributed by atoms with Gasteiger partial charge in [0.25, 0.3) is 5.56 Å². The van der Waals surface area contributed by atoms with E-state index in [1.165, 1.54) is 6.21 Å². The molecule has 2 heterocycles. The highest BCUT2D eigenvalue weighted by Crippen LogP contribution is 2.29. The Bertz CT molecular complexity index is 1140. The first-order valence-corrected chi connectivity index (χ1v) is 10.3. The van der Waals surface area contributed by atoms with Crippen LogP contribution in [-0.2, 0) is 6.54 Å². The third-order valence-corrected chi connectivity index (χ3v) is 5.77. The van der Waals surface area contributed by atoms with Gasteiger partial charge in [0.1, 0.15) is 4.83 Å². The number of carbonyl (C=O) groups is 1. The predicted octanol–water partition coefficient (Wildman–Crippen LogP) is 4.18. The molecule has 0 atom stereocenters. The Balaban J connectivity index is 2.76. The first-order chi connectivity index (χ1) is 14.1. The van der Waals surface area contributed by atoms with Crippen LogP contribution in [0.1, 0.15) is 57.5 Å². The maximum atomic E-state index is 13.0. The molecule has 2 aromatic rings. The standard InChI is InChI=1S/C19H25F3N4O4S/c1-10(2)25-14(27)13-11(3)12(9-23-26(17(29)30)18(4,5)6)31-15(13)24(16(25)28)8-7-19(20,21)22/h9-10H,7-8H2,1-6H3,(H,29,30). The fourth-order valence-corrected chi connectivity index (χ4v) is 4.20. The van der Waals surface area contributed by atoms with Gasteiger partial charge in [-0.05, 0) is 47.1 Å². The van der Waals surface area contributed by atoms with Gasteiger partial charge in [0.2, 0.25) is 0 Å². The molecule has 0 saturated heterocycles. The molecule has 2 aromatic heterocycles. The molecule has 12 heteroatoms. The molecular formula is C19H25F3N4O4S. The Kier molecular flexibility index (Phi) is 6.74. The second-order valence-electron chi connectivity index (χ2n) is 8.35. The van der Waals surface area contributed by atoms with Gasteiger partial charge in [-0.2, -0.15) is 23.3 Å². The Hall–Kier alpha value is -2.63. The van der Waals surface area contributed by atoms with Gasteiger partial charge >= 0.3 is 18.0 Å². The first kappa shape index (κ1) is 24.6. The number of amides is 1. The number of rotatable bonds is 5. The maximum absolute atomic E-state index is 13.0. The van der Waals surface area contributed by atoms with Crippen molar-refractivity contribution in [2.24, 2.45) is 5.10 Å². The van der Waals surface area contributed by atoms with E-state index in [0.29, 0.717) is 10.4 Å². The summed E-state index contributed by atoms with van der Waals surface area (Å²) in [5.41, 5.74) is -1.84. The minimum atomic E-state index is -4.48. The molecule has 31 heavy (non-hydrogen) atoms. The van der Waals surface area contributed by atoms with Crippen LogP contribution in [-0.4, -0.2) is 43.3 Å². The van der Waals surface area contributed by atoms with E-state index in [-0.39, 0.29) is 10.2 Å². The molecule has 0 spiro atoms. The molecular weight excluding hydrogens is 437 g/mol. The van der Waals surface area contributed by atoms with Crippen molar-refractivity contribution in [1.29, 1.82) is 0 Å². The molecule has 172 valence electrons. The summed E-state index contributed by atoms with van der Waals surface area (Å²) in [6, 6.07) is -0.554. The van der Waals surface area contributed by atoms with Crippen LogP contribution in [0.15, 0.2) is 14.7 Å². The zero-order chi connectivity index (χ0) is 23.9. The topological polar surface area (TPSA) is 96.9 Å². The number of aryl methyl sites for hydroxylation is 2. The summed E-state index contributed by atoms with van der Waals surface area (Å²) < 4.78 is 40.4. The van der Waals surface area contributed by atoms with Crippen LogP contribution in [0.2, 0.25) is 0 Å². The van der Waals surface area contributed by atoms with Crippen molar-refractivity contribution >= 4 is 33.9 Å². The lowest BCUT2D eigenvalue weighted by Gasteiger charge is -2.27. The first-order valence-electron chi connectivity index (χ1n) is 9.48. The van der Waals surface area contributed by atoms with E-state index in [0.717, 1.165) is 25.5 Å². The van der Waals surface area contributed by atoms with Crippen molar-refractivity contribution in [1.82, 2.24) is 14.1 Å². The van der Waals surface area contributed by atoms with E-state index in [1.54, 1.807) is 41.5 Å². The second kappa shape index (κ2) is 8.48. The van der Waals surface area contributed by atoms with Crippen LogP contribution in [0.5, 0.6) is 0 Å². The average Bonchev–Trinajstić information content (AvgIpc) is 2.88. The minimum Gasteiger partial charge on any atom is -0.464 e. The fraction of sp³-hybridized carbons (Fsp3) is 0.579. The highest BCUT2D eigenvalue weighted by atomic mass is 32.1. The van der Waals surface area contributed by atoms with Gasteiger partial charge < -0.3 is 5.11 Å². The zero-order valence-electron chi connectivity index (χ0n) is 18.1. The number of nitrogens with zero attached hydrogens (tertiary/aromatic N) is 4. The normalized spacial score (nSPS) is 13.0. The number of halogens is 3. The summed E-state index contributed by atoms with van der Waals surface area (Å²) in [4.78, 5) is 37.8. The average molecular weight is 462 g/mol. The van der Waals surface area contributed by atoms with Crippen molar-refractivity contribution in [2.75, 3.05) is 0 Å². The molecule has 0 aromatic carbocycles. The number of thiophene rings is 1. The van der Waals surface area contributed by atoms with Crippen LogP contribution in [0.4, 0.5) is 18.0 Å². The number of hydrazone groups is 1. The smallest absolute Gasteiger partial charge is 0.428 e. The van der Waals surface area contributed by atoms with Crippen molar-refractivity contribution in [3.05, 3.63) is 31.3 Å². The van der Waals surface area contributed by atoms with Crippen LogP contribution < -0.4 is 11.2 Å². The molecule has 1 amide bonds. The van der Waals surface area contributed by atoms with Crippen LogP contribution in [0, 0.1) is 6.92 Å². The van der Waals surface area contributed by atoms with Crippen molar-refractivity contribution in [3.8, 4) is 0 Å². The van der Waals surface area contributed by atoms with Crippen molar-refractivity contribution < 1.29 is 23.1 Å². The molecule has 1 N–H and O–H groups in total. The number of hydrogen-bond acceptors (Lipinski definition) is 5. The van der Waals surface area contributed by atoms with Gasteiger partial charge in [-0.25, -0.2) is 9.59 Å². The Morgan fingerprint density at radius 2 is 1.84 bits per heavy atom. The highest BCUT2D eigenvalue weighted by Gasteiger charge is 2.29. The van der Waals surface area contributed by atoms with Gasteiger partial charge in [-0.1, -0.05) is 0 Å². The summed E-state index contributed by atoms with van der Waals surface area (Å²) in [6.45, 7) is 9.09. The lowest BCUT2D eigenvalue weighted by atomic mass is 10.1. The largest absolute Gasteiger partial charge is 0.464 e. The van der Waals surface area contributed by atoms with Crippen molar-refractivity contribution in [3.63, 3.8) is 0 Å². The van der Waals surface area contributed by atoms with Crippen LogP contribution in [0.3, 0.4) is 0 Å². The molecule has 0 aliphatic carbocycles. The molecule has 8 nitrogen and oxygen atoms in total. The molecule has 0 aliphatic rings. The maximum Gasteiger partial charge on any atom is 0.428 e. The molecule has 0 fully saturated rings. The van der Waals surface area contributed by atoms with E-state index in [9.17, 15) is 32.7 Å². The van der Waals surface area contributed by atoms with E-state index < -0.39 is 48.1 Å². The van der Waals surface area contributed by atoms with E-state index in [4.69, 9.17) is 0 Å². The van der Waals surface area contributed by atoms with Gasteiger partial charge in [0.15, 0.2) is 0 Å². The van der Waals surface area contributed by atoms with Gasteiger partial charge in [-0.3, -0.25) is 13.9 Å². The Morgan fingerprint density at radius 3 is 2.29 bits per heavy atom. The monoisotopic (exact) mass is 462 g/mol. The molecule has 0 aliphatic heterocycles. The summed E-state index contributed by atoms with van der Waals surface area (Å²) in [6.07, 6.45) is -5.74. The summed E-state index contributed by atoms with van der Waals surface area (Å²) in [5.74, 6) is 0. The Morgan fingerprint density at radius 1 is 1.26 bits per heavy atom. The molecule has 0 unspecified atom stereocenters. The lowest BCUT2D eigenvalue weighted by molar-refractivity contribution is -0.136. The molecule has 2 rings (SSSR count). The minimum absolute atomic E-state index is 0.104. The Labute approximate surface area is 180 Å². The summed E-state index contributed by atoms with van der Waals surface area (Å²) >= 11 is 0.928. The number of alkyl halides is 3. The molecule has 0 radical (unpaired) electrons. The second-order valence-corrected chi connectivity index (χ2v) is 9.38. The van der Waals surface area contributed by atoms with Gasteiger partial charge in [0, 0.05) is 12.6 Å². The van der Waals surface area contributed by atoms with Crippen LogP contribution in [0.25, 0.3) is 10.2 Å². The highest BCUT2D eigenvalue weighted by molar-refractivity contribution is 7.20. The lowest BCUT2D eigenvalue weighted by Crippen LogP contribution is -2.41. The summed E-state index contributed by atoms with van der Waals surface area (Å²) in [7, 11) is 0.